The summed E-state index contributed by atoms with van der Waals surface area (Å²) in [5, 5.41) is 6.20. The summed E-state index contributed by atoms with van der Waals surface area (Å²) < 4.78 is 10.8. The maximum atomic E-state index is 11.5. The quantitative estimate of drug-likeness (QED) is 0.844. The minimum absolute atomic E-state index is 0.00518. The standard InChI is InChI=1S/C13H19ClN2O2S/c1-10(8-11-4-3-5-12(14)9-11)16-13(17)15-6-7-19(2)18/h3-5,9-10H,6-8H2,1-2H3,(H2,15,16,17). The molecule has 1 rings (SSSR count). The molecule has 0 aliphatic heterocycles. The lowest BCUT2D eigenvalue weighted by molar-refractivity contribution is 0.238. The summed E-state index contributed by atoms with van der Waals surface area (Å²) >= 11 is 5.90. The summed E-state index contributed by atoms with van der Waals surface area (Å²) in [7, 11) is -0.886. The van der Waals surface area contributed by atoms with Crippen LogP contribution >= 0.6 is 11.6 Å². The Kier molecular flexibility index (Phi) is 6.87. The molecular formula is C13H19ClN2O2S. The number of benzene rings is 1. The average molecular weight is 303 g/mol. The Hall–Kier alpha value is -1.07. The first kappa shape index (κ1) is 16.0. The minimum Gasteiger partial charge on any atom is -0.337 e. The van der Waals surface area contributed by atoms with Crippen LogP contribution in [0.3, 0.4) is 0 Å². The number of nitrogens with one attached hydrogen (secondary N) is 2. The maximum absolute atomic E-state index is 11.5. The molecule has 1 aromatic carbocycles. The first-order valence-electron chi connectivity index (χ1n) is 6.06. The van der Waals surface area contributed by atoms with Crippen molar-refractivity contribution >= 4 is 28.4 Å². The molecule has 0 aliphatic carbocycles. The molecule has 0 aromatic heterocycles. The van der Waals surface area contributed by atoms with Crippen LogP contribution in [-0.2, 0) is 17.2 Å². The van der Waals surface area contributed by atoms with Crippen LogP contribution in [0.4, 0.5) is 4.79 Å². The number of hydrogen-bond acceptors (Lipinski definition) is 2. The third-order valence-corrected chi connectivity index (χ3v) is 3.50. The second kappa shape index (κ2) is 8.17. The van der Waals surface area contributed by atoms with Gasteiger partial charge in [0.1, 0.15) is 0 Å². The number of halogens is 1. The molecule has 0 bridgehead atoms. The van der Waals surface area contributed by atoms with E-state index in [1.165, 1.54) is 0 Å². The molecule has 6 heteroatoms. The van der Waals surface area contributed by atoms with E-state index < -0.39 is 10.8 Å². The Labute approximate surface area is 121 Å². The van der Waals surface area contributed by atoms with Crippen molar-refractivity contribution < 1.29 is 9.00 Å². The van der Waals surface area contributed by atoms with Crippen molar-refractivity contribution in [1.29, 1.82) is 0 Å². The number of hydrogen-bond donors (Lipinski definition) is 2. The van der Waals surface area contributed by atoms with Gasteiger partial charge in [0.15, 0.2) is 0 Å². The van der Waals surface area contributed by atoms with Gasteiger partial charge in [-0.05, 0) is 31.0 Å². The van der Waals surface area contributed by atoms with E-state index in [9.17, 15) is 9.00 Å². The van der Waals surface area contributed by atoms with Crippen molar-refractivity contribution in [3.63, 3.8) is 0 Å². The topological polar surface area (TPSA) is 58.2 Å². The Bertz CT molecular complexity index is 454. The fourth-order valence-electron chi connectivity index (χ4n) is 1.65. The average Bonchev–Trinajstić information content (AvgIpc) is 2.27. The fraction of sp³-hybridized carbons (Fsp3) is 0.462. The largest absolute Gasteiger partial charge is 0.337 e. The highest BCUT2D eigenvalue weighted by Gasteiger charge is 2.07. The van der Waals surface area contributed by atoms with Crippen LogP contribution in [0.1, 0.15) is 12.5 Å². The van der Waals surface area contributed by atoms with Gasteiger partial charge >= 0.3 is 6.03 Å². The first-order valence-corrected chi connectivity index (χ1v) is 8.16. The highest BCUT2D eigenvalue weighted by molar-refractivity contribution is 7.84. The van der Waals surface area contributed by atoms with E-state index in [-0.39, 0.29) is 12.1 Å². The van der Waals surface area contributed by atoms with Crippen LogP contribution in [0.25, 0.3) is 0 Å². The predicted octanol–water partition coefficient (Wildman–Crippen LogP) is 1.95. The molecular weight excluding hydrogens is 284 g/mol. The third kappa shape index (κ3) is 7.18. The number of amides is 2. The second-order valence-electron chi connectivity index (χ2n) is 4.41. The van der Waals surface area contributed by atoms with Gasteiger partial charge in [0.25, 0.3) is 0 Å². The van der Waals surface area contributed by atoms with Gasteiger partial charge in [-0.1, -0.05) is 23.7 Å². The van der Waals surface area contributed by atoms with E-state index >= 15 is 0 Å². The van der Waals surface area contributed by atoms with E-state index in [2.05, 4.69) is 10.6 Å². The van der Waals surface area contributed by atoms with Crippen molar-refractivity contribution in [2.75, 3.05) is 18.6 Å². The van der Waals surface area contributed by atoms with E-state index in [1.54, 1.807) is 6.26 Å². The van der Waals surface area contributed by atoms with Gasteiger partial charge in [-0.25, -0.2) is 4.79 Å². The molecule has 2 atom stereocenters. The maximum Gasteiger partial charge on any atom is 0.315 e. The van der Waals surface area contributed by atoms with Gasteiger partial charge in [0, 0.05) is 40.4 Å². The van der Waals surface area contributed by atoms with E-state index in [1.807, 2.05) is 31.2 Å². The summed E-state index contributed by atoms with van der Waals surface area (Å²) in [5.41, 5.74) is 1.08. The fourth-order valence-corrected chi connectivity index (χ4v) is 2.25. The van der Waals surface area contributed by atoms with Crippen molar-refractivity contribution in [3.8, 4) is 0 Å². The Balaban J connectivity index is 2.32. The van der Waals surface area contributed by atoms with Crippen molar-refractivity contribution in [1.82, 2.24) is 10.6 Å². The molecule has 4 nitrogen and oxygen atoms in total. The van der Waals surface area contributed by atoms with Crippen LogP contribution in [-0.4, -0.2) is 34.8 Å². The molecule has 106 valence electrons. The van der Waals surface area contributed by atoms with E-state index in [0.717, 1.165) is 5.56 Å². The Morgan fingerprint density at radius 2 is 2.21 bits per heavy atom. The van der Waals surface area contributed by atoms with Crippen LogP contribution in [0, 0.1) is 0 Å². The first-order chi connectivity index (χ1) is 8.97. The molecule has 2 unspecified atom stereocenters. The van der Waals surface area contributed by atoms with Crippen molar-refractivity contribution in [3.05, 3.63) is 34.9 Å². The molecule has 0 saturated heterocycles. The number of urea groups is 1. The normalized spacial score (nSPS) is 13.6. The number of rotatable bonds is 6. The van der Waals surface area contributed by atoms with Crippen molar-refractivity contribution in [2.45, 2.75) is 19.4 Å². The zero-order valence-corrected chi connectivity index (χ0v) is 12.7. The zero-order chi connectivity index (χ0) is 14.3. The molecule has 0 radical (unpaired) electrons. The number of carbonyl (C=O) groups excluding carboxylic acids is 1. The van der Waals surface area contributed by atoms with Gasteiger partial charge < -0.3 is 10.6 Å². The Morgan fingerprint density at radius 3 is 2.84 bits per heavy atom. The lowest BCUT2D eigenvalue weighted by Crippen LogP contribution is -2.42. The molecule has 1 aromatic rings. The van der Waals surface area contributed by atoms with Gasteiger partial charge in [-0.2, -0.15) is 0 Å². The summed E-state index contributed by atoms with van der Waals surface area (Å²) in [4.78, 5) is 11.5. The molecule has 0 aliphatic rings. The van der Waals surface area contributed by atoms with Crippen LogP contribution in [0.5, 0.6) is 0 Å². The van der Waals surface area contributed by atoms with Gasteiger partial charge in [-0.15, -0.1) is 0 Å². The zero-order valence-electron chi connectivity index (χ0n) is 11.1. The highest BCUT2D eigenvalue weighted by atomic mass is 35.5. The highest BCUT2D eigenvalue weighted by Crippen LogP contribution is 2.12. The SMILES string of the molecule is CC(Cc1cccc(Cl)c1)NC(=O)NCCS(C)=O. The minimum atomic E-state index is -0.886. The van der Waals surface area contributed by atoms with E-state index in [0.29, 0.717) is 23.7 Å². The second-order valence-corrected chi connectivity index (χ2v) is 6.40. The molecule has 0 saturated carbocycles. The summed E-state index contributed by atoms with van der Waals surface area (Å²) in [6, 6.07) is 7.34. The monoisotopic (exact) mass is 302 g/mol. The van der Waals surface area contributed by atoms with Crippen molar-refractivity contribution in [2.24, 2.45) is 0 Å². The van der Waals surface area contributed by atoms with Gasteiger partial charge in [0.2, 0.25) is 0 Å². The summed E-state index contributed by atoms with van der Waals surface area (Å²) in [6.45, 7) is 2.34. The third-order valence-electron chi connectivity index (χ3n) is 2.48. The van der Waals surface area contributed by atoms with E-state index in [4.69, 9.17) is 11.6 Å². The number of carbonyl (C=O) groups is 1. The van der Waals surface area contributed by atoms with Crippen LogP contribution in [0.2, 0.25) is 5.02 Å². The molecule has 2 N–H and O–H groups in total. The van der Waals surface area contributed by atoms with Crippen LogP contribution in [0.15, 0.2) is 24.3 Å². The van der Waals surface area contributed by atoms with Gasteiger partial charge in [0.05, 0.1) is 0 Å². The summed E-state index contributed by atoms with van der Waals surface area (Å²) in [5.74, 6) is 0.468. The lowest BCUT2D eigenvalue weighted by atomic mass is 10.1. The molecule has 0 spiro atoms. The summed E-state index contributed by atoms with van der Waals surface area (Å²) in [6.07, 6.45) is 2.33. The molecule has 0 heterocycles. The molecule has 2 amide bonds. The molecule has 0 fully saturated rings. The predicted molar refractivity (Wildman–Crippen MR) is 80.1 cm³/mol. The lowest BCUT2D eigenvalue weighted by Gasteiger charge is -2.14. The van der Waals surface area contributed by atoms with Crippen LogP contribution < -0.4 is 10.6 Å². The Morgan fingerprint density at radius 1 is 1.47 bits per heavy atom. The van der Waals surface area contributed by atoms with Gasteiger partial charge in [-0.3, -0.25) is 4.21 Å². The molecule has 19 heavy (non-hydrogen) atoms. The smallest absolute Gasteiger partial charge is 0.315 e.